The molecule has 1 rings (SSSR count). The monoisotopic (exact) mass is 177 g/mol. The van der Waals surface area contributed by atoms with Crippen LogP contribution in [-0.4, -0.2) is 12.2 Å². The van der Waals surface area contributed by atoms with Crippen LogP contribution in [0.3, 0.4) is 0 Å². The normalized spacial score (nSPS) is 9.31. The van der Waals surface area contributed by atoms with Crippen molar-refractivity contribution in [3.8, 4) is 17.6 Å². The van der Waals surface area contributed by atoms with Crippen molar-refractivity contribution in [1.29, 1.82) is 5.26 Å². The molecule has 0 spiro atoms. The highest BCUT2D eigenvalue weighted by Gasteiger charge is 2.08. The van der Waals surface area contributed by atoms with Gasteiger partial charge in [0.05, 0.1) is 12.7 Å². The van der Waals surface area contributed by atoms with Crippen molar-refractivity contribution in [3.05, 3.63) is 23.3 Å². The van der Waals surface area contributed by atoms with Crippen molar-refractivity contribution in [1.82, 2.24) is 0 Å². The average molecular weight is 177 g/mol. The molecule has 0 amide bonds. The van der Waals surface area contributed by atoms with Crippen LogP contribution in [0.25, 0.3) is 0 Å². The second-order valence-corrected chi connectivity index (χ2v) is 2.65. The van der Waals surface area contributed by atoms with Crippen molar-refractivity contribution in [3.63, 3.8) is 0 Å². The molecular weight excluding hydrogens is 166 g/mol. The van der Waals surface area contributed by atoms with Crippen LogP contribution >= 0.6 is 0 Å². The largest absolute Gasteiger partial charge is 0.506 e. The van der Waals surface area contributed by atoms with Crippen LogP contribution < -0.4 is 4.74 Å². The molecule has 1 aromatic rings. The minimum Gasteiger partial charge on any atom is -0.506 e. The lowest BCUT2D eigenvalue weighted by atomic mass is 10.1. The molecule has 0 atom stereocenters. The molecule has 0 saturated heterocycles. The van der Waals surface area contributed by atoms with Crippen LogP contribution in [0.5, 0.6) is 11.5 Å². The van der Waals surface area contributed by atoms with E-state index in [0.717, 1.165) is 5.56 Å². The molecule has 3 heteroatoms. The fourth-order valence-corrected chi connectivity index (χ4v) is 1.14. The van der Waals surface area contributed by atoms with Crippen LogP contribution in [0.15, 0.2) is 12.1 Å². The minimum atomic E-state index is 0.0609. The van der Waals surface area contributed by atoms with Gasteiger partial charge in [-0.15, -0.1) is 0 Å². The number of aromatic hydroxyl groups is 1. The summed E-state index contributed by atoms with van der Waals surface area (Å²) in [6.45, 7) is 1.91. The summed E-state index contributed by atoms with van der Waals surface area (Å²) in [6.07, 6.45) is 0.678. The van der Waals surface area contributed by atoms with E-state index in [-0.39, 0.29) is 11.3 Å². The lowest BCUT2D eigenvalue weighted by Crippen LogP contribution is -1.90. The van der Waals surface area contributed by atoms with Gasteiger partial charge in [-0.3, -0.25) is 0 Å². The Morgan fingerprint density at radius 3 is 2.69 bits per heavy atom. The predicted molar refractivity (Wildman–Crippen MR) is 48.8 cm³/mol. The zero-order chi connectivity index (χ0) is 9.84. The van der Waals surface area contributed by atoms with Crippen LogP contribution in [0, 0.1) is 11.3 Å². The quantitative estimate of drug-likeness (QED) is 0.749. The second kappa shape index (κ2) is 3.81. The number of ether oxygens (including phenoxy) is 1. The Hall–Kier alpha value is -1.69. The van der Waals surface area contributed by atoms with Gasteiger partial charge in [-0.25, -0.2) is 0 Å². The van der Waals surface area contributed by atoms with Gasteiger partial charge in [-0.1, -0.05) is 6.92 Å². The third-order valence-electron chi connectivity index (χ3n) is 1.90. The molecule has 0 fully saturated rings. The maximum Gasteiger partial charge on any atom is 0.136 e. The number of rotatable bonds is 2. The first kappa shape index (κ1) is 9.40. The van der Waals surface area contributed by atoms with E-state index in [2.05, 4.69) is 0 Å². The van der Waals surface area contributed by atoms with Gasteiger partial charge in [0.1, 0.15) is 17.6 Å². The fourth-order valence-electron chi connectivity index (χ4n) is 1.14. The van der Waals surface area contributed by atoms with Gasteiger partial charge >= 0.3 is 0 Å². The third kappa shape index (κ3) is 1.73. The number of nitriles is 1. The number of aryl methyl sites for hydroxylation is 1. The number of hydrogen-bond donors (Lipinski definition) is 1. The number of hydrogen-bond acceptors (Lipinski definition) is 3. The summed E-state index contributed by atoms with van der Waals surface area (Å²) in [7, 11) is 1.53. The molecule has 0 unspecified atom stereocenters. The molecule has 13 heavy (non-hydrogen) atoms. The Labute approximate surface area is 77.2 Å². The zero-order valence-electron chi connectivity index (χ0n) is 7.66. The Kier molecular flexibility index (Phi) is 2.76. The van der Waals surface area contributed by atoms with E-state index in [4.69, 9.17) is 10.00 Å². The van der Waals surface area contributed by atoms with E-state index in [0.29, 0.717) is 12.2 Å². The molecule has 0 aromatic heterocycles. The standard InChI is InChI=1S/C10H11NO2/c1-3-7-4-9(13-2)5-8(6-11)10(7)12/h4-5,12H,3H2,1-2H3. The molecule has 3 nitrogen and oxygen atoms in total. The smallest absolute Gasteiger partial charge is 0.136 e. The van der Waals surface area contributed by atoms with Gasteiger partial charge in [-0.05, 0) is 18.1 Å². The van der Waals surface area contributed by atoms with Gasteiger partial charge in [-0.2, -0.15) is 5.26 Å². The van der Waals surface area contributed by atoms with Crippen molar-refractivity contribution < 1.29 is 9.84 Å². The van der Waals surface area contributed by atoms with Crippen LogP contribution in [0.2, 0.25) is 0 Å². The van der Waals surface area contributed by atoms with Crippen molar-refractivity contribution in [2.75, 3.05) is 7.11 Å². The maximum absolute atomic E-state index is 9.53. The molecule has 0 aliphatic carbocycles. The highest BCUT2D eigenvalue weighted by molar-refractivity contribution is 5.52. The van der Waals surface area contributed by atoms with Crippen LogP contribution in [0.4, 0.5) is 0 Å². The van der Waals surface area contributed by atoms with Crippen LogP contribution in [-0.2, 0) is 6.42 Å². The number of nitrogens with zero attached hydrogens (tertiary/aromatic N) is 1. The Bertz CT molecular complexity index is 353. The van der Waals surface area contributed by atoms with E-state index in [1.54, 1.807) is 6.07 Å². The van der Waals surface area contributed by atoms with E-state index >= 15 is 0 Å². The van der Waals surface area contributed by atoms with E-state index < -0.39 is 0 Å². The number of methoxy groups -OCH3 is 1. The average Bonchev–Trinajstić information content (AvgIpc) is 2.18. The zero-order valence-corrected chi connectivity index (χ0v) is 7.66. The van der Waals surface area contributed by atoms with E-state index in [1.807, 2.05) is 13.0 Å². The highest BCUT2D eigenvalue weighted by atomic mass is 16.5. The van der Waals surface area contributed by atoms with Gasteiger partial charge in [0, 0.05) is 6.07 Å². The van der Waals surface area contributed by atoms with Gasteiger partial charge < -0.3 is 9.84 Å². The van der Waals surface area contributed by atoms with E-state index in [1.165, 1.54) is 13.2 Å². The minimum absolute atomic E-state index is 0.0609. The first-order valence-electron chi connectivity index (χ1n) is 4.02. The molecule has 0 saturated carbocycles. The molecule has 0 radical (unpaired) electrons. The Morgan fingerprint density at radius 2 is 2.23 bits per heavy atom. The van der Waals surface area contributed by atoms with E-state index in [9.17, 15) is 5.11 Å². The van der Waals surface area contributed by atoms with Crippen LogP contribution in [0.1, 0.15) is 18.1 Å². The summed E-state index contributed by atoms with van der Waals surface area (Å²) in [6, 6.07) is 5.17. The SMILES string of the molecule is CCc1cc(OC)cc(C#N)c1O. The molecule has 0 aliphatic heterocycles. The summed E-state index contributed by atoms with van der Waals surface area (Å²) in [5.74, 6) is 0.664. The number of benzene rings is 1. The van der Waals surface area contributed by atoms with Crippen molar-refractivity contribution in [2.24, 2.45) is 0 Å². The van der Waals surface area contributed by atoms with Gasteiger partial charge in [0.2, 0.25) is 0 Å². The summed E-state index contributed by atoms with van der Waals surface area (Å²) in [5, 5.41) is 18.2. The van der Waals surface area contributed by atoms with Gasteiger partial charge in [0.15, 0.2) is 0 Å². The second-order valence-electron chi connectivity index (χ2n) is 2.65. The highest BCUT2D eigenvalue weighted by Crippen LogP contribution is 2.27. The van der Waals surface area contributed by atoms with Crippen molar-refractivity contribution >= 4 is 0 Å². The molecule has 0 bridgehead atoms. The Morgan fingerprint density at radius 1 is 1.54 bits per heavy atom. The Balaban J connectivity index is 3.31. The van der Waals surface area contributed by atoms with Crippen molar-refractivity contribution in [2.45, 2.75) is 13.3 Å². The lowest BCUT2D eigenvalue weighted by Gasteiger charge is -2.06. The molecule has 0 heterocycles. The lowest BCUT2D eigenvalue weighted by molar-refractivity contribution is 0.410. The first-order chi connectivity index (χ1) is 6.22. The molecule has 1 aromatic carbocycles. The summed E-state index contributed by atoms with van der Waals surface area (Å²) < 4.78 is 4.99. The van der Waals surface area contributed by atoms with Gasteiger partial charge in [0.25, 0.3) is 0 Å². The molecule has 0 aliphatic rings. The maximum atomic E-state index is 9.53. The fraction of sp³-hybridized carbons (Fsp3) is 0.300. The topological polar surface area (TPSA) is 53.2 Å². The summed E-state index contributed by atoms with van der Waals surface area (Å²) >= 11 is 0. The number of phenolic OH excluding ortho intramolecular Hbond substituents is 1. The molecule has 68 valence electrons. The summed E-state index contributed by atoms with van der Waals surface area (Å²) in [4.78, 5) is 0. The summed E-state index contributed by atoms with van der Waals surface area (Å²) in [5.41, 5.74) is 0.993. The first-order valence-corrected chi connectivity index (χ1v) is 4.02. The molecular formula is C10H11NO2. The number of phenols is 1. The molecule has 1 N–H and O–H groups in total. The third-order valence-corrected chi connectivity index (χ3v) is 1.90. The predicted octanol–water partition coefficient (Wildman–Crippen LogP) is 1.83.